The second-order valence-electron chi connectivity index (χ2n) is 3.92. The molecule has 0 saturated heterocycles. The molecular formula is C12H6Br3F2NO2S. The number of hydrogen-bond acceptors (Lipinski definition) is 2. The van der Waals surface area contributed by atoms with E-state index in [1.54, 1.807) is 6.07 Å². The number of hydrogen-bond donors (Lipinski definition) is 1. The number of sulfonamides is 1. The molecule has 2 aromatic carbocycles. The van der Waals surface area contributed by atoms with Crippen molar-refractivity contribution in [1.29, 1.82) is 0 Å². The minimum absolute atomic E-state index is 0.0307. The van der Waals surface area contributed by atoms with E-state index in [9.17, 15) is 17.2 Å². The van der Waals surface area contributed by atoms with Gasteiger partial charge < -0.3 is 0 Å². The Morgan fingerprint density at radius 1 is 0.952 bits per heavy atom. The SMILES string of the molecule is O=S(=O)(Nc1c(F)cc(F)cc1Br)c1ccc(Br)cc1Br. The lowest BCUT2D eigenvalue weighted by Gasteiger charge is -2.12. The van der Waals surface area contributed by atoms with Gasteiger partial charge in [0.25, 0.3) is 10.0 Å². The molecule has 0 aliphatic heterocycles. The van der Waals surface area contributed by atoms with Crippen molar-refractivity contribution >= 4 is 63.5 Å². The van der Waals surface area contributed by atoms with Gasteiger partial charge in [0, 0.05) is 19.5 Å². The van der Waals surface area contributed by atoms with Crippen LogP contribution >= 0.6 is 47.8 Å². The molecule has 0 saturated carbocycles. The second kappa shape index (κ2) is 6.31. The molecule has 0 unspecified atom stereocenters. The fourth-order valence-electron chi connectivity index (χ4n) is 1.52. The van der Waals surface area contributed by atoms with Crippen LogP contribution in [0.5, 0.6) is 0 Å². The molecule has 0 atom stereocenters. The summed E-state index contributed by atoms with van der Waals surface area (Å²) in [5, 5.41) is 0. The van der Waals surface area contributed by atoms with E-state index in [4.69, 9.17) is 0 Å². The van der Waals surface area contributed by atoms with Gasteiger partial charge >= 0.3 is 0 Å². The molecule has 2 rings (SSSR count). The van der Waals surface area contributed by atoms with Gasteiger partial charge in [0.1, 0.15) is 10.7 Å². The Kier molecular flexibility index (Phi) is 5.07. The maximum atomic E-state index is 13.7. The van der Waals surface area contributed by atoms with Crippen molar-refractivity contribution < 1.29 is 17.2 Å². The zero-order chi connectivity index (χ0) is 15.8. The number of rotatable bonds is 3. The second-order valence-corrected chi connectivity index (χ2v) is 8.20. The maximum Gasteiger partial charge on any atom is 0.263 e. The first kappa shape index (κ1) is 16.9. The molecule has 1 N–H and O–H groups in total. The summed E-state index contributed by atoms with van der Waals surface area (Å²) in [5.74, 6) is -1.83. The lowest BCUT2D eigenvalue weighted by atomic mass is 10.3. The van der Waals surface area contributed by atoms with Crippen LogP contribution in [-0.4, -0.2) is 8.42 Å². The summed E-state index contributed by atoms with van der Waals surface area (Å²) in [6.45, 7) is 0. The van der Waals surface area contributed by atoms with Gasteiger partial charge in [0.15, 0.2) is 5.82 Å². The summed E-state index contributed by atoms with van der Waals surface area (Å²) in [7, 11) is -4.03. The van der Waals surface area contributed by atoms with E-state index < -0.39 is 21.7 Å². The van der Waals surface area contributed by atoms with E-state index in [0.717, 1.165) is 6.07 Å². The predicted molar refractivity (Wildman–Crippen MR) is 86.7 cm³/mol. The molecule has 3 nitrogen and oxygen atoms in total. The molecule has 0 amide bonds. The predicted octanol–water partition coefficient (Wildman–Crippen LogP) is 5.05. The van der Waals surface area contributed by atoms with E-state index in [1.165, 1.54) is 12.1 Å². The van der Waals surface area contributed by atoms with Crippen LogP contribution in [0.15, 0.2) is 48.6 Å². The third kappa shape index (κ3) is 3.82. The number of anilines is 1. The molecule has 0 bridgehead atoms. The summed E-state index contributed by atoms with van der Waals surface area (Å²) < 4.78 is 54.3. The Bertz CT molecular complexity index is 789. The van der Waals surface area contributed by atoms with Crippen LogP contribution in [0.3, 0.4) is 0 Å². The molecule has 0 aromatic heterocycles. The highest BCUT2D eigenvalue weighted by Gasteiger charge is 2.21. The smallest absolute Gasteiger partial charge is 0.263 e. The molecule has 0 radical (unpaired) electrons. The number of benzene rings is 2. The van der Waals surface area contributed by atoms with E-state index in [0.29, 0.717) is 15.0 Å². The lowest BCUT2D eigenvalue weighted by Crippen LogP contribution is -2.15. The van der Waals surface area contributed by atoms with Crippen LogP contribution in [0.1, 0.15) is 0 Å². The Balaban J connectivity index is 2.47. The average Bonchev–Trinajstić information content (AvgIpc) is 2.33. The van der Waals surface area contributed by atoms with Gasteiger partial charge in [0.2, 0.25) is 0 Å². The van der Waals surface area contributed by atoms with Gasteiger partial charge in [-0.1, -0.05) is 15.9 Å². The quantitative estimate of drug-likeness (QED) is 0.634. The van der Waals surface area contributed by atoms with Crippen molar-refractivity contribution in [2.45, 2.75) is 4.90 Å². The highest BCUT2D eigenvalue weighted by molar-refractivity contribution is 9.11. The zero-order valence-corrected chi connectivity index (χ0v) is 15.6. The average molecular weight is 506 g/mol. The minimum atomic E-state index is -4.03. The first-order valence-corrected chi connectivity index (χ1v) is 9.19. The van der Waals surface area contributed by atoms with Crippen LogP contribution < -0.4 is 4.72 Å². The van der Waals surface area contributed by atoms with Crippen molar-refractivity contribution in [3.8, 4) is 0 Å². The number of nitrogens with one attached hydrogen (secondary N) is 1. The molecule has 0 spiro atoms. The van der Waals surface area contributed by atoms with Crippen molar-refractivity contribution in [3.05, 3.63) is 55.4 Å². The third-order valence-electron chi connectivity index (χ3n) is 2.43. The van der Waals surface area contributed by atoms with Crippen molar-refractivity contribution in [3.63, 3.8) is 0 Å². The molecule has 9 heteroatoms. The first-order valence-electron chi connectivity index (χ1n) is 5.33. The number of halogens is 5. The Morgan fingerprint density at radius 2 is 1.62 bits per heavy atom. The molecule has 2 aromatic rings. The summed E-state index contributed by atoms with van der Waals surface area (Å²) in [5.41, 5.74) is -0.355. The van der Waals surface area contributed by atoms with E-state index >= 15 is 0 Å². The highest BCUT2D eigenvalue weighted by Crippen LogP contribution is 2.31. The van der Waals surface area contributed by atoms with E-state index in [1.807, 2.05) is 0 Å². The zero-order valence-electron chi connectivity index (χ0n) is 10.0. The molecule has 21 heavy (non-hydrogen) atoms. The minimum Gasteiger partial charge on any atom is -0.275 e. The van der Waals surface area contributed by atoms with Crippen LogP contribution in [0, 0.1) is 11.6 Å². The van der Waals surface area contributed by atoms with Crippen LogP contribution in [0.4, 0.5) is 14.5 Å². The third-order valence-corrected chi connectivity index (χ3v) is 5.87. The van der Waals surface area contributed by atoms with Crippen molar-refractivity contribution in [2.24, 2.45) is 0 Å². The summed E-state index contributed by atoms with van der Waals surface area (Å²) in [6.07, 6.45) is 0. The fourth-order valence-corrected chi connectivity index (χ4v) is 5.00. The van der Waals surface area contributed by atoms with Gasteiger partial charge in [-0.05, 0) is 56.1 Å². The van der Waals surface area contributed by atoms with E-state index in [-0.39, 0.29) is 15.1 Å². The van der Waals surface area contributed by atoms with Crippen LogP contribution in [-0.2, 0) is 10.0 Å². The van der Waals surface area contributed by atoms with Gasteiger partial charge in [-0.2, -0.15) is 0 Å². The first-order chi connectivity index (χ1) is 9.70. The van der Waals surface area contributed by atoms with Crippen LogP contribution in [0.2, 0.25) is 0 Å². The maximum absolute atomic E-state index is 13.7. The fraction of sp³-hybridized carbons (Fsp3) is 0. The normalized spacial score (nSPS) is 11.5. The summed E-state index contributed by atoms with van der Waals surface area (Å²) in [6, 6.07) is 6.00. The molecule has 0 aliphatic rings. The largest absolute Gasteiger partial charge is 0.275 e. The Hall–Kier alpha value is -0.510. The van der Waals surface area contributed by atoms with Gasteiger partial charge in [-0.25, -0.2) is 17.2 Å². The van der Waals surface area contributed by atoms with Gasteiger partial charge in [-0.3, -0.25) is 4.72 Å². The molecule has 0 aliphatic carbocycles. The lowest BCUT2D eigenvalue weighted by molar-refractivity contribution is 0.581. The molecule has 0 fully saturated rings. The topological polar surface area (TPSA) is 46.2 Å². The van der Waals surface area contributed by atoms with Gasteiger partial charge in [0.05, 0.1) is 5.69 Å². The molecule has 0 heterocycles. The standard InChI is InChI=1S/C12H6Br3F2NO2S/c13-6-1-2-11(8(14)3-6)21(19,20)18-12-9(15)4-7(16)5-10(12)17/h1-5,18H. The highest BCUT2D eigenvalue weighted by atomic mass is 79.9. The Morgan fingerprint density at radius 3 is 2.19 bits per heavy atom. The summed E-state index contributed by atoms with van der Waals surface area (Å²) >= 11 is 9.26. The molecular weight excluding hydrogens is 500 g/mol. The summed E-state index contributed by atoms with van der Waals surface area (Å²) in [4.78, 5) is -0.0682. The monoisotopic (exact) mass is 503 g/mol. The van der Waals surface area contributed by atoms with Crippen molar-refractivity contribution in [2.75, 3.05) is 4.72 Å². The van der Waals surface area contributed by atoms with Gasteiger partial charge in [-0.15, -0.1) is 0 Å². The van der Waals surface area contributed by atoms with E-state index in [2.05, 4.69) is 52.5 Å². The Labute approximate surface area is 145 Å². The molecule has 112 valence electrons. The van der Waals surface area contributed by atoms with Crippen LogP contribution in [0.25, 0.3) is 0 Å². The van der Waals surface area contributed by atoms with Crippen molar-refractivity contribution in [1.82, 2.24) is 0 Å².